The minimum absolute atomic E-state index is 0.282. The predicted octanol–water partition coefficient (Wildman–Crippen LogP) is 3.76. The Hall–Kier alpha value is -3.67. The van der Waals surface area contributed by atoms with Crippen LogP contribution in [0.1, 0.15) is 28.7 Å². The highest BCUT2D eigenvalue weighted by Gasteiger charge is 2.13. The second-order valence-corrected chi connectivity index (χ2v) is 6.03. The van der Waals surface area contributed by atoms with Crippen molar-refractivity contribution < 1.29 is 14.3 Å². The van der Waals surface area contributed by atoms with Crippen LogP contribution in [0.5, 0.6) is 0 Å². The van der Waals surface area contributed by atoms with Crippen molar-refractivity contribution in [1.82, 2.24) is 9.55 Å². The molecule has 0 aliphatic carbocycles. The molecule has 0 aliphatic heterocycles. The van der Waals surface area contributed by atoms with Crippen LogP contribution in [-0.4, -0.2) is 28.0 Å². The largest absolute Gasteiger partial charge is 0.463 e. The molecular weight excluding hydrogens is 354 g/mol. The summed E-state index contributed by atoms with van der Waals surface area (Å²) in [4.78, 5) is 28.1. The molecule has 6 nitrogen and oxygen atoms in total. The van der Waals surface area contributed by atoms with E-state index in [0.717, 1.165) is 11.1 Å². The summed E-state index contributed by atoms with van der Waals surface area (Å²) in [7, 11) is 0. The topological polar surface area (TPSA) is 73.2 Å². The number of esters is 1. The number of ether oxygens (including phenoxy) is 1. The fraction of sp³-hybridized carbons (Fsp3) is 0.136. The Bertz CT molecular complexity index is 960. The summed E-state index contributed by atoms with van der Waals surface area (Å²) in [5, 5.41) is 2.84. The first kappa shape index (κ1) is 19.1. The first-order valence-electron chi connectivity index (χ1n) is 8.97. The van der Waals surface area contributed by atoms with Gasteiger partial charge in [0.2, 0.25) is 0 Å². The maximum absolute atomic E-state index is 12.6. The van der Waals surface area contributed by atoms with E-state index in [2.05, 4.69) is 10.3 Å². The van der Waals surface area contributed by atoms with E-state index in [1.807, 2.05) is 42.5 Å². The summed E-state index contributed by atoms with van der Waals surface area (Å²) in [6, 6.07) is 17.0. The number of hydrogen-bond acceptors (Lipinski definition) is 4. The zero-order valence-corrected chi connectivity index (χ0v) is 15.5. The van der Waals surface area contributed by atoms with Crippen molar-refractivity contribution in [2.75, 3.05) is 11.9 Å². The van der Waals surface area contributed by atoms with Crippen LogP contribution in [0.15, 0.2) is 73.1 Å². The molecule has 6 heteroatoms. The third-order valence-corrected chi connectivity index (χ3v) is 3.98. The molecule has 0 bridgehead atoms. The van der Waals surface area contributed by atoms with Gasteiger partial charge in [0.1, 0.15) is 0 Å². The van der Waals surface area contributed by atoms with Crippen LogP contribution in [0.3, 0.4) is 0 Å². The van der Waals surface area contributed by atoms with Crippen molar-refractivity contribution in [2.24, 2.45) is 0 Å². The third kappa shape index (κ3) is 5.17. The van der Waals surface area contributed by atoms with E-state index >= 15 is 0 Å². The SMILES string of the molecule is CCOC(=O)C=Cc1ccc(NC(=O)c2nccn2Cc2ccccc2)cc1. The maximum atomic E-state index is 12.6. The van der Waals surface area contributed by atoms with E-state index < -0.39 is 0 Å². The molecule has 0 unspecified atom stereocenters. The number of anilines is 1. The normalized spacial score (nSPS) is 10.8. The van der Waals surface area contributed by atoms with Gasteiger partial charge in [-0.1, -0.05) is 42.5 Å². The number of nitrogens with zero attached hydrogens (tertiary/aromatic N) is 2. The molecule has 1 aromatic heterocycles. The average Bonchev–Trinajstić information content (AvgIpc) is 3.17. The first-order chi connectivity index (χ1) is 13.7. The van der Waals surface area contributed by atoms with Gasteiger partial charge in [-0.25, -0.2) is 9.78 Å². The van der Waals surface area contributed by atoms with Gasteiger partial charge in [0.25, 0.3) is 5.91 Å². The van der Waals surface area contributed by atoms with Gasteiger partial charge in [0.05, 0.1) is 6.61 Å². The van der Waals surface area contributed by atoms with Gasteiger partial charge in [-0.2, -0.15) is 0 Å². The Balaban J connectivity index is 1.64. The molecule has 1 amide bonds. The zero-order valence-electron chi connectivity index (χ0n) is 15.5. The summed E-state index contributed by atoms with van der Waals surface area (Å²) in [6.07, 6.45) is 6.43. The van der Waals surface area contributed by atoms with E-state index in [0.29, 0.717) is 24.7 Å². The smallest absolute Gasteiger partial charge is 0.330 e. The number of benzene rings is 2. The van der Waals surface area contributed by atoms with Crippen molar-refractivity contribution in [2.45, 2.75) is 13.5 Å². The lowest BCUT2D eigenvalue weighted by Crippen LogP contribution is -2.18. The summed E-state index contributed by atoms with van der Waals surface area (Å²) in [5.41, 5.74) is 2.57. The van der Waals surface area contributed by atoms with Crippen molar-refractivity contribution in [3.05, 3.63) is 90.0 Å². The Morgan fingerprint density at radius 2 is 1.86 bits per heavy atom. The Morgan fingerprint density at radius 1 is 1.11 bits per heavy atom. The number of hydrogen-bond donors (Lipinski definition) is 1. The van der Waals surface area contributed by atoms with Gasteiger partial charge in [0.15, 0.2) is 5.82 Å². The first-order valence-corrected chi connectivity index (χ1v) is 8.97. The van der Waals surface area contributed by atoms with Crippen LogP contribution in [0, 0.1) is 0 Å². The Morgan fingerprint density at radius 3 is 2.57 bits per heavy atom. The van der Waals surface area contributed by atoms with Crippen molar-refractivity contribution in [3.63, 3.8) is 0 Å². The van der Waals surface area contributed by atoms with E-state index in [1.165, 1.54) is 6.08 Å². The lowest BCUT2D eigenvalue weighted by Gasteiger charge is -2.09. The van der Waals surface area contributed by atoms with Crippen LogP contribution in [-0.2, 0) is 16.1 Å². The number of rotatable bonds is 7. The zero-order chi connectivity index (χ0) is 19.8. The van der Waals surface area contributed by atoms with E-state index in [-0.39, 0.29) is 11.9 Å². The second-order valence-electron chi connectivity index (χ2n) is 6.03. The molecule has 2 aromatic carbocycles. The van der Waals surface area contributed by atoms with Crippen LogP contribution in [0.25, 0.3) is 6.08 Å². The van der Waals surface area contributed by atoms with Gasteiger partial charge < -0.3 is 14.6 Å². The Kier molecular flexibility index (Phi) is 6.36. The molecule has 28 heavy (non-hydrogen) atoms. The quantitative estimate of drug-likeness (QED) is 0.504. The molecule has 1 N–H and O–H groups in total. The van der Waals surface area contributed by atoms with Crippen LogP contribution in [0.2, 0.25) is 0 Å². The lowest BCUT2D eigenvalue weighted by atomic mass is 10.2. The fourth-order valence-electron chi connectivity index (χ4n) is 2.65. The number of nitrogens with one attached hydrogen (secondary N) is 1. The number of imidazole rings is 1. The van der Waals surface area contributed by atoms with Crippen molar-refractivity contribution >= 4 is 23.6 Å². The highest BCUT2D eigenvalue weighted by molar-refractivity contribution is 6.01. The molecule has 0 fully saturated rings. The standard InChI is InChI=1S/C22H21N3O3/c1-2-28-20(26)13-10-17-8-11-19(12-9-17)24-22(27)21-23-14-15-25(21)16-18-6-4-3-5-7-18/h3-15H,2,16H2,1H3,(H,24,27). The number of aromatic nitrogens is 2. The van der Waals surface area contributed by atoms with Gasteiger partial charge >= 0.3 is 5.97 Å². The van der Waals surface area contributed by atoms with Gasteiger partial charge in [-0.05, 0) is 36.3 Å². The van der Waals surface area contributed by atoms with Crippen molar-refractivity contribution in [1.29, 1.82) is 0 Å². The summed E-state index contributed by atoms with van der Waals surface area (Å²) >= 11 is 0. The van der Waals surface area contributed by atoms with Crippen LogP contribution in [0.4, 0.5) is 5.69 Å². The molecule has 0 saturated heterocycles. The predicted molar refractivity (Wildman–Crippen MR) is 108 cm³/mol. The lowest BCUT2D eigenvalue weighted by molar-refractivity contribution is -0.137. The summed E-state index contributed by atoms with van der Waals surface area (Å²) < 4.78 is 6.65. The van der Waals surface area contributed by atoms with Crippen molar-refractivity contribution in [3.8, 4) is 0 Å². The molecular formula is C22H21N3O3. The molecule has 3 rings (SSSR count). The molecule has 0 radical (unpaired) electrons. The van der Waals surface area contributed by atoms with Gasteiger partial charge in [-0.3, -0.25) is 4.79 Å². The highest BCUT2D eigenvalue weighted by Crippen LogP contribution is 2.13. The van der Waals surface area contributed by atoms with Gasteiger partial charge in [0, 0.05) is 30.7 Å². The molecule has 1 heterocycles. The third-order valence-electron chi connectivity index (χ3n) is 3.98. The van der Waals surface area contributed by atoms with E-state index in [4.69, 9.17) is 4.74 Å². The minimum Gasteiger partial charge on any atom is -0.463 e. The van der Waals surface area contributed by atoms with E-state index in [9.17, 15) is 9.59 Å². The van der Waals surface area contributed by atoms with Gasteiger partial charge in [-0.15, -0.1) is 0 Å². The second kappa shape index (κ2) is 9.32. The molecule has 0 aliphatic rings. The number of carbonyl (C=O) groups is 2. The molecule has 0 atom stereocenters. The van der Waals surface area contributed by atoms with Crippen LogP contribution >= 0.6 is 0 Å². The molecule has 3 aromatic rings. The molecule has 0 spiro atoms. The maximum Gasteiger partial charge on any atom is 0.330 e. The summed E-state index contributed by atoms with van der Waals surface area (Å²) in [5.74, 6) is -0.323. The molecule has 0 saturated carbocycles. The average molecular weight is 375 g/mol. The van der Waals surface area contributed by atoms with E-state index in [1.54, 1.807) is 42.1 Å². The van der Waals surface area contributed by atoms with Crippen LogP contribution < -0.4 is 5.32 Å². The number of carbonyl (C=O) groups excluding carboxylic acids is 2. The summed E-state index contributed by atoms with van der Waals surface area (Å²) in [6.45, 7) is 2.67. The minimum atomic E-state index is -0.384. The monoisotopic (exact) mass is 375 g/mol. The molecule has 142 valence electrons. The number of amides is 1. The Labute approximate surface area is 163 Å². The fourth-order valence-corrected chi connectivity index (χ4v) is 2.65. The highest BCUT2D eigenvalue weighted by atomic mass is 16.5.